The summed E-state index contributed by atoms with van der Waals surface area (Å²) in [6.07, 6.45) is 2.70. The summed E-state index contributed by atoms with van der Waals surface area (Å²) < 4.78 is 5.73. The molecule has 1 aliphatic carbocycles. The van der Waals surface area contributed by atoms with Gasteiger partial charge in [-0.25, -0.2) is 0 Å². The number of likely N-dealkylation sites (N-methyl/N-ethyl adjacent to an activating group) is 1. The largest absolute Gasteiger partial charge is 0.380 e. The first kappa shape index (κ1) is 15.5. The van der Waals surface area contributed by atoms with Crippen LogP contribution < -0.4 is 5.73 Å². The van der Waals surface area contributed by atoms with Gasteiger partial charge in [-0.3, -0.25) is 4.90 Å². The molecule has 0 aromatic heterocycles. The SMILES string of the molecule is Cc1ccc(C)c(C(CN)N(C)CCOCC2CC2)c1. The van der Waals surface area contributed by atoms with Crippen molar-refractivity contribution in [3.05, 3.63) is 34.9 Å². The maximum absolute atomic E-state index is 6.00. The lowest BCUT2D eigenvalue weighted by Crippen LogP contribution is -2.33. The molecule has 0 saturated heterocycles. The van der Waals surface area contributed by atoms with Crippen LogP contribution >= 0.6 is 0 Å². The second-order valence-electron chi connectivity index (χ2n) is 6.11. The lowest BCUT2D eigenvalue weighted by molar-refractivity contribution is 0.0922. The van der Waals surface area contributed by atoms with Crippen LogP contribution in [0.1, 0.15) is 35.6 Å². The Kier molecular flexibility index (Phi) is 5.58. The summed E-state index contributed by atoms with van der Waals surface area (Å²) in [4.78, 5) is 2.31. The number of hydrogen-bond donors (Lipinski definition) is 1. The van der Waals surface area contributed by atoms with E-state index >= 15 is 0 Å². The predicted molar refractivity (Wildman–Crippen MR) is 83.9 cm³/mol. The summed E-state index contributed by atoms with van der Waals surface area (Å²) in [6.45, 7) is 7.61. The number of nitrogens with two attached hydrogens (primary N) is 1. The normalized spacial score (nSPS) is 16.6. The molecule has 20 heavy (non-hydrogen) atoms. The van der Waals surface area contributed by atoms with Gasteiger partial charge in [0.2, 0.25) is 0 Å². The first-order valence-corrected chi connectivity index (χ1v) is 7.67. The van der Waals surface area contributed by atoms with Crippen LogP contribution in [-0.4, -0.2) is 38.3 Å². The Bertz CT molecular complexity index is 429. The lowest BCUT2D eigenvalue weighted by Gasteiger charge is -2.28. The second kappa shape index (κ2) is 7.21. The smallest absolute Gasteiger partial charge is 0.0593 e. The van der Waals surface area contributed by atoms with Crippen molar-refractivity contribution < 1.29 is 4.74 Å². The summed E-state index contributed by atoms with van der Waals surface area (Å²) in [5.74, 6) is 0.838. The van der Waals surface area contributed by atoms with Crippen molar-refractivity contribution in [3.8, 4) is 0 Å². The Labute approximate surface area is 123 Å². The average Bonchev–Trinajstić information content (AvgIpc) is 3.24. The number of hydrogen-bond acceptors (Lipinski definition) is 3. The van der Waals surface area contributed by atoms with Crippen LogP contribution in [-0.2, 0) is 4.74 Å². The highest BCUT2D eigenvalue weighted by molar-refractivity contribution is 5.33. The van der Waals surface area contributed by atoms with Crippen molar-refractivity contribution in [2.45, 2.75) is 32.7 Å². The molecule has 2 N–H and O–H groups in total. The van der Waals surface area contributed by atoms with E-state index < -0.39 is 0 Å². The van der Waals surface area contributed by atoms with Crippen molar-refractivity contribution in [1.82, 2.24) is 4.90 Å². The van der Waals surface area contributed by atoms with Gasteiger partial charge in [-0.15, -0.1) is 0 Å². The van der Waals surface area contributed by atoms with Crippen molar-refractivity contribution in [3.63, 3.8) is 0 Å². The first-order chi connectivity index (χ1) is 9.61. The standard InChI is InChI=1S/C17H28N2O/c1-13-4-5-14(2)16(10-13)17(11-18)19(3)8-9-20-12-15-6-7-15/h4-5,10,15,17H,6-9,11-12,18H2,1-3H3. The third-order valence-electron chi connectivity index (χ3n) is 4.19. The van der Waals surface area contributed by atoms with E-state index in [0.29, 0.717) is 6.54 Å². The first-order valence-electron chi connectivity index (χ1n) is 7.67. The van der Waals surface area contributed by atoms with E-state index in [4.69, 9.17) is 10.5 Å². The van der Waals surface area contributed by atoms with Gasteiger partial charge in [-0.2, -0.15) is 0 Å². The maximum Gasteiger partial charge on any atom is 0.0593 e. The Hall–Kier alpha value is -0.900. The predicted octanol–water partition coefficient (Wildman–Crippen LogP) is 2.66. The van der Waals surface area contributed by atoms with Crippen molar-refractivity contribution in [2.75, 3.05) is 33.4 Å². The van der Waals surface area contributed by atoms with Crippen LogP contribution in [0.2, 0.25) is 0 Å². The van der Waals surface area contributed by atoms with Gasteiger partial charge < -0.3 is 10.5 Å². The molecule has 1 atom stereocenters. The van der Waals surface area contributed by atoms with Gasteiger partial charge in [0.1, 0.15) is 0 Å². The maximum atomic E-state index is 6.00. The molecule has 1 aromatic rings. The third-order valence-corrected chi connectivity index (χ3v) is 4.19. The van der Waals surface area contributed by atoms with Crippen LogP contribution in [0.5, 0.6) is 0 Å². The highest BCUT2D eigenvalue weighted by Crippen LogP contribution is 2.28. The molecule has 1 saturated carbocycles. The molecule has 1 unspecified atom stereocenters. The molecular weight excluding hydrogens is 248 g/mol. The summed E-state index contributed by atoms with van der Waals surface area (Å²) in [5, 5.41) is 0. The molecule has 1 fully saturated rings. The Balaban J connectivity index is 1.89. The molecule has 112 valence electrons. The zero-order valence-electron chi connectivity index (χ0n) is 13.1. The minimum Gasteiger partial charge on any atom is -0.380 e. The molecule has 0 aliphatic heterocycles. The molecule has 3 heteroatoms. The van der Waals surface area contributed by atoms with Crippen molar-refractivity contribution in [1.29, 1.82) is 0 Å². The Morgan fingerprint density at radius 1 is 1.35 bits per heavy atom. The molecule has 3 nitrogen and oxygen atoms in total. The van der Waals surface area contributed by atoms with E-state index in [1.165, 1.54) is 29.5 Å². The van der Waals surface area contributed by atoms with Gasteiger partial charge in [0, 0.05) is 25.7 Å². The van der Waals surface area contributed by atoms with Crippen molar-refractivity contribution >= 4 is 0 Å². The molecule has 1 aromatic carbocycles. The molecule has 0 radical (unpaired) electrons. The monoisotopic (exact) mass is 276 g/mol. The summed E-state index contributed by atoms with van der Waals surface area (Å²) in [6, 6.07) is 6.88. The molecule has 2 rings (SSSR count). The fourth-order valence-electron chi connectivity index (χ4n) is 2.56. The zero-order valence-corrected chi connectivity index (χ0v) is 13.1. The van der Waals surface area contributed by atoms with Gasteiger partial charge in [0.25, 0.3) is 0 Å². The van der Waals surface area contributed by atoms with Crippen LogP contribution in [0.4, 0.5) is 0 Å². The highest BCUT2D eigenvalue weighted by Gasteiger charge is 2.21. The van der Waals surface area contributed by atoms with Crippen LogP contribution in [0.25, 0.3) is 0 Å². The molecule has 0 spiro atoms. The number of benzene rings is 1. The average molecular weight is 276 g/mol. The summed E-state index contributed by atoms with van der Waals surface area (Å²) in [5.41, 5.74) is 9.96. The number of nitrogens with zero attached hydrogens (tertiary/aromatic N) is 1. The van der Waals surface area contributed by atoms with Crippen LogP contribution in [0.15, 0.2) is 18.2 Å². The number of aryl methyl sites for hydroxylation is 2. The molecule has 0 bridgehead atoms. The van der Waals surface area contributed by atoms with Gasteiger partial charge >= 0.3 is 0 Å². The summed E-state index contributed by atoms with van der Waals surface area (Å²) >= 11 is 0. The zero-order chi connectivity index (χ0) is 14.5. The number of rotatable bonds is 8. The second-order valence-corrected chi connectivity index (χ2v) is 6.11. The Morgan fingerprint density at radius 3 is 2.75 bits per heavy atom. The van der Waals surface area contributed by atoms with E-state index in [9.17, 15) is 0 Å². The van der Waals surface area contributed by atoms with Gasteiger partial charge in [0.05, 0.1) is 6.61 Å². The van der Waals surface area contributed by atoms with Crippen LogP contribution in [0.3, 0.4) is 0 Å². The van der Waals surface area contributed by atoms with E-state index in [2.05, 4.69) is 44.0 Å². The molecule has 0 amide bonds. The highest BCUT2D eigenvalue weighted by atomic mass is 16.5. The number of ether oxygens (including phenoxy) is 1. The van der Waals surface area contributed by atoms with Gasteiger partial charge in [0.15, 0.2) is 0 Å². The molecule has 1 aliphatic rings. The topological polar surface area (TPSA) is 38.5 Å². The van der Waals surface area contributed by atoms with E-state index in [1.807, 2.05) is 0 Å². The molecular formula is C17H28N2O. The van der Waals surface area contributed by atoms with Crippen LogP contribution in [0, 0.1) is 19.8 Å². The Morgan fingerprint density at radius 2 is 2.10 bits per heavy atom. The summed E-state index contributed by atoms with van der Waals surface area (Å²) in [7, 11) is 2.14. The van der Waals surface area contributed by atoms with Gasteiger partial charge in [-0.05, 0) is 50.8 Å². The minimum absolute atomic E-state index is 0.277. The minimum atomic E-state index is 0.277. The van der Waals surface area contributed by atoms with E-state index in [-0.39, 0.29) is 6.04 Å². The van der Waals surface area contributed by atoms with Crippen molar-refractivity contribution in [2.24, 2.45) is 11.7 Å². The molecule has 0 heterocycles. The van der Waals surface area contributed by atoms with E-state index in [0.717, 1.165) is 25.7 Å². The van der Waals surface area contributed by atoms with E-state index in [1.54, 1.807) is 0 Å². The fourth-order valence-corrected chi connectivity index (χ4v) is 2.56. The lowest BCUT2D eigenvalue weighted by atomic mass is 9.98. The van der Waals surface area contributed by atoms with Gasteiger partial charge in [-0.1, -0.05) is 23.8 Å². The third kappa shape index (κ3) is 4.30. The fraction of sp³-hybridized carbons (Fsp3) is 0.647. The quantitative estimate of drug-likeness (QED) is 0.742.